The minimum absolute atomic E-state index is 0.0585. The number of Topliss-reactive ketones (excluding diaryl/α,β-unsaturated/α-hetero) is 1. The lowest BCUT2D eigenvalue weighted by Gasteiger charge is -2.14. The van der Waals surface area contributed by atoms with Crippen LogP contribution in [0.4, 0.5) is 10.8 Å². The van der Waals surface area contributed by atoms with Crippen LogP contribution in [0.3, 0.4) is 0 Å². The molecule has 0 spiro atoms. The van der Waals surface area contributed by atoms with Crippen LogP contribution >= 0.6 is 11.3 Å². The normalized spacial score (nSPS) is 18.0. The van der Waals surface area contributed by atoms with E-state index in [1.165, 1.54) is 0 Å². The van der Waals surface area contributed by atoms with Gasteiger partial charge in [0.2, 0.25) is 0 Å². The summed E-state index contributed by atoms with van der Waals surface area (Å²) in [5, 5.41) is 13.6. The highest BCUT2D eigenvalue weighted by Crippen LogP contribution is 2.35. The van der Waals surface area contributed by atoms with Gasteiger partial charge < -0.3 is 10.4 Å². The Morgan fingerprint density at radius 3 is 2.22 bits per heavy atom. The number of carboxylic acids is 1. The van der Waals surface area contributed by atoms with Gasteiger partial charge in [0.15, 0.2) is 10.9 Å². The van der Waals surface area contributed by atoms with Crippen molar-refractivity contribution >= 4 is 44.1 Å². The Hall–Kier alpha value is -3.51. The lowest BCUT2D eigenvalue weighted by molar-refractivity contribution is -0.142. The molecule has 0 bridgehead atoms. The standard InChI is InChI=1S/C26H22N2O3S/c29-24(20-4-3-5-21(20)25(30)31)18-10-8-16(9-11-18)17-12-14-19(15-13-17)27-26-28-22-6-1-2-7-23(22)32-26/h1-2,6-15,20-21H,3-5H2,(H,27,28)(H,30,31)/t20-,21-/m0/s1. The second-order valence-corrected chi connectivity index (χ2v) is 9.14. The van der Waals surface area contributed by atoms with Crippen LogP contribution in [0.5, 0.6) is 0 Å². The van der Waals surface area contributed by atoms with Gasteiger partial charge in [0.05, 0.1) is 16.1 Å². The van der Waals surface area contributed by atoms with E-state index >= 15 is 0 Å². The molecule has 5 nitrogen and oxygen atoms in total. The van der Waals surface area contributed by atoms with E-state index in [1.807, 2.05) is 66.7 Å². The number of carboxylic acid groups (broad SMARTS) is 1. The van der Waals surface area contributed by atoms with Crippen molar-refractivity contribution in [2.24, 2.45) is 11.8 Å². The number of nitrogens with zero attached hydrogens (tertiary/aromatic N) is 1. The van der Waals surface area contributed by atoms with Gasteiger partial charge in [-0.05, 0) is 48.2 Å². The van der Waals surface area contributed by atoms with Crippen LogP contribution < -0.4 is 5.32 Å². The fourth-order valence-electron chi connectivity index (χ4n) is 4.41. The summed E-state index contributed by atoms with van der Waals surface area (Å²) in [5.41, 5.74) is 4.58. The quantitative estimate of drug-likeness (QED) is 0.338. The molecule has 1 aromatic heterocycles. The number of aromatic nitrogens is 1. The molecule has 4 aromatic rings. The Bertz CT molecular complexity index is 1250. The molecule has 1 aliphatic carbocycles. The monoisotopic (exact) mass is 442 g/mol. The number of thiazole rings is 1. The van der Waals surface area contributed by atoms with E-state index in [0.29, 0.717) is 18.4 Å². The number of fused-ring (bicyclic) bond motifs is 1. The highest BCUT2D eigenvalue weighted by atomic mass is 32.1. The molecule has 1 aliphatic rings. The molecule has 6 heteroatoms. The Kier molecular flexibility index (Phi) is 5.45. The Morgan fingerprint density at radius 2 is 1.53 bits per heavy atom. The summed E-state index contributed by atoms with van der Waals surface area (Å²) in [4.78, 5) is 28.8. The number of benzene rings is 3. The molecular formula is C26H22N2O3S. The average molecular weight is 443 g/mol. The Morgan fingerprint density at radius 1 is 0.875 bits per heavy atom. The molecule has 1 heterocycles. The summed E-state index contributed by atoms with van der Waals surface area (Å²) in [6, 6.07) is 23.6. The molecule has 0 amide bonds. The molecule has 2 atom stereocenters. The second-order valence-electron chi connectivity index (χ2n) is 8.11. The summed E-state index contributed by atoms with van der Waals surface area (Å²) < 4.78 is 1.15. The first-order valence-electron chi connectivity index (χ1n) is 10.7. The van der Waals surface area contributed by atoms with E-state index in [-0.39, 0.29) is 5.78 Å². The zero-order valence-corrected chi connectivity index (χ0v) is 18.1. The average Bonchev–Trinajstić information content (AvgIpc) is 3.46. The van der Waals surface area contributed by atoms with Gasteiger partial charge in [-0.2, -0.15) is 0 Å². The molecule has 160 valence electrons. The summed E-state index contributed by atoms with van der Waals surface area (Å²) in [6.07, 6.45) is 2.03. The first kappa shape index (κ1) is 20.4. The molecule has 1 fully saturated rings. The first-order valence-corrected chi connectivity index (χ1v) is 11.5. The molecule has 2 N–H and O–H groups in total. The Labute approximate surface area is 189 Å². The van der Waals surface area contributed by atoms with Gasteiger partial charge in [-0.1, -0.05) is 66.3 Å². The van der Waals surface area contributed by atoms with Crippen molar-refractivity contribution in [2.75, 3.05) is 5.32 Å². The highest BCUT2D eigenvalue weighted by Gasteiger charge is 2.37. The van der Waals surface area contributed by atoms with Crippen LogP contribution in [0.2, 0.25) is 0 Å². The predicted molar refractivity (Wildman–Crippen MR) is 128 cm³/mol. The molecule has 0 radical (unpaired) electrons. The van der Waals surface area contributed by atoms with E-state index < -0.39 is 17.8 Å². The maximum absolute atomic E-state index is 12.8. The zero-order valence-electron chi connectivity index (χ0n) is 17.3. The number of ketones is 1. The van der Waals surface area contributed by atoms with Crippen LogP contribution in [-0.2, 0) is 4.79 Å². The maximum Gasteiger partial charge on any atom is 0.307 e. The van der Waals surface area contributed by atoms with Gasteiger partial charge in [-0.25, -0.2) is 4.98 Å². The molecule has 5 rings (SSSR count). The summed E-state index contributed by atoms with van der Waals surface area (Å²) in [6.45, 7) is 0. The van der Waals surface area contributed by atoms with Crippen LogP contribution in [0, 0.1) is 11.8 Å². The highest BCUT2D eigenvalue weighted by molar-refractivity contribution is 7.22. The minimum Gasteiger partial charge on any atom is -0.481 e. The fraction of sp³-hybridized carbons (Fsp3) is 0.192. The van der Waals surface area contributed by atoms with Gasteiger partial charge in [0.1, 0.15) is 0 Å². The predicted octanol–water partition coefficient (Wildman–Crippen LogP) is 6.39. The lowest BCUT2D eigenvalue weighted by atomic mass is 9.88. The first-order chi connectivity index (χ1) is 15.6. The minimum atomic E-state index is -0.864. The van der Waals surface area contributed by atoms with Crippen molar-refractivity contribution in [3.05, 3.63) is 78.4 Å². The van der Waals surface area contributed by atoms with Crippen molar-refractivity contribution in [1.82, 2.24) is 4.98 Å². The van der Waals surface area contributed by atoms with Crippen molar-refractivity contribution in [3.63, 3.8) is 0 Å². The number of carbonyl (C=O) groups excluding carboxylic acids is 1. The number of rotatable bonds is 6. The van der Waals surface area contributed by atoms with Crippen molar-refractivity contribution < 1.29 is 14.7 Å². The number of carbonyl (C=O) groups is 2. The third-order valence-electron chi connectivity index (χ3n) is 6.10. The van der Waals surface area contributed by atoms with Gasteiger partial charge in [0.25, 0.3) is 0 Å². The fourth-order valence-corrected chi connectivity index (χ4v) is 5.29. The molecule has 3 aromatic carbocycles. The third kappa shape index (κ3) is 4.01. The van der Waals surface area contributed by atoms with E-state index in [1.54, 1.807) is 11.3 Å². The number of nitrogens with one attached hydrogen (secondary N) is 1. The van der Waals surface area contributed by atoms with Crippen LogP contribution in [-0.4, -0.2) is 21.8 Å². The lowest BCUT2D eigenvalue weighted by Crippen LogP contribution is -2.25. The van der Waals surface area contributed by atoms with Gasteiger partial charge in [-0.15, -0.1) is 0 Å². The summed E-state index contributed by atoms with van der Waals surface area (Å²) >= 11 is 1.62. The van der Waals surface area contributed by atoms with Gasteiger partial charge in [-0.3, -0.25) is 9.59 Å². The number of aliphatic carboxylic acids is 1. The largest absolute Gasteiger partial charge is 0.481 e. The van der Waals surface area contributed by atoms with E-state index in [0.717, 1.165) is 38.6 Å². The van der Waals surface area contributed by atoms with Crippen LogP contribution in [0.25, 0.3) is 21.3 Å². The van der Waals surface area contributed by atoms with Gasteiger partial charge >= 0.3 is 5.97 Å². The van der Waals surface area contributed by atoms with Crippen LogP contribution in [0.15, 0.2) is 72.8 Å². The molecule has 0 aliphatic heterocycles. The van der Waals surface area contributed by atoms with Crippen molar-refractivity contribution in [2.45, 2.75) is 19.3 Å². The van der Waals surface area contributed by atoms with Gasteiger partial charge in [0, 0.05) is 17.2 Å². The summed E-state index contributed by atoms with van der Waals surface area (Å²) in [7, 11) is 0. The Balaban J connectivity index is 1.29. The number of para-hydroxylation sites is 1. The SMILES string of the molecule is O=C(O)[C@H]1CCC[C@@H]1C(=O)c1ccc(-c2ccc(Nc3nc4ccccc4s3)cc2)cc1. The smallest absolute Gasteiger partial charge is 0.307 e. The molecule has 32 heavy (non-hydrogen) atoms. The maximum atomic E-state index is 12.8. The number of hydrogen-bond donors (Lipinski definition) is 2. The topological polar surface area (TPSA) is 79.3 Å². The molecule has 0 unspecified atom stereocenters. The molecule has 1 saturated carbocycles. The summed E-state index contributed by atoms with van der Waals surface area (Å²) in [5.74, 6) is -1.89. The van der Waals surface area contributed by atoms with Crippen LogP contribution in [0.1, 0.15) is 29.6 Å². The van der Waals surface area contributed by atoms with E-state index in [4.69, 9.17) is 0 Å². The number of hydrogen-bond acceptors (Lipinski definition) is 5. The third-order valence-corrected chi connectivity index (χ3v) is 7.05. The van der Waals surface area contributed by atoms with Crippen molar-refractivity contribution in [1.29, 1.82) is 0 Å². The second kappa shape index (κ2) is 8.55. The van der Waals surface area contributed by atoms with E-state index in [2.05, 4.69) is 16.4 Å². The molecule has 0 saturated heterocycles. The zero-order chi connectivity index (χ0) is 22.1. The van der Waals surface area contributed by atoms with E-state index in [9.17, 15) is 14.7 Å². The van der Waals surface area contributed by atoms with Crippen molar-refractivity contribution in [3.8, 4) is 11.1 Å². The molecular weight excluding hydrogens is 420 g/mol. The number of anilines is 2.